The van der Waals surface area contributed by atoms with Gasteiger partial charge in [-0.2, -0.15) is 0 Å². The predicted octanol–water partition coefficient (Wildman–Crippen LogP) is 4.33. The lowest BCUT2D eigenvalue weighted by molar-refractivity contribution is 0.415. The summed E-state index contributed by atoms with van der Waals surface area (Å²) in [7, 11) is 3.47. The zero-order valence-corrected chi connectivity index (χ0v) is 19.2. The van der Waals surface area contributed by atoms with Crippen LogP contribution in [-0.2, 0) is 7.05 Å². The molecular weight excluding hydrogens is 418 g/mol. The van der Waals surface area contributed by atoms with E-state index in [1.807, 2.05) is 37.6 Å². The molecule has 0 aliphatic rings. The van der Waals surface area contributed by atoms with E-state index in [-0.39, 0.29) is 6.01 Å². The molecule has 0 saturated heterocycles. The first-order valence-corrected chi connectivity index (χ1v) is 10.3. The maximum Gasteiger partial charge on any atom is 0.322 e. The minimum atomic E-state index is 0.251. The molecule has 0 unspecified atom stereocenters. The van der Waals surface area contributed by atoms with Gasteiger partial charge in [0.2, 0.25) is 0 Å². The lowest BCUT2D eigenvalue weighted by Crippen LogP contribution is -2.02. The number of anilines is 1. The molecule has 168 valence electrons. The van der Waals surface area contributed by atoms with Gasteiger partial charge in [-0.05, 0) is 39.0 Å². The second kappa shape index (κ2) is 8.70. The Morgan fingerprint density at radius 3 is 2.48 bits per heavy atom. The smallest absolute Gasteiger partial charge is 0.322 e. The summed E-state index contributed by atoms with van der Waals surface area (Å²) < 4.78 is 13.2. The van der Waals surface area contributed by atoms with Gasteiger partial charge in [0.25, 0.3) is 0 Å². The molecule has 0 bridgehead atoms. The van der Waals surface area contributed by atoms with Crippen LogP contribution in [0.4, 0.5) is 5.82 Å². The zero-order chi connectivity index (χ0) is 23.7. The number of hydrogen-bond acceptors (Lipinski definition) is 8. The molecule has 0 aromatic carbocycles. The SMILES string of the molecule is COc1cc(C)ncc1-c1c(-c2ccc(Oc3nccc(C)n3)cn2)c(C(C)=N)c(N)n1C. The Balaban J connectivity index is 1.85. The quantitative estimate of drug-likeness (QED) is 0.425. The van der Waals surface area contributed by atoms with E-state index in [1.165, 1.54) is 0 Å². The fourth-order valence-electron chi connectivity index (χ4n) is 3.70. The van der Waals surface area contributed by atoms with Crippen molar-refractivity contribution in [3.8, 4) is 40.0 Å². The first-order chi connectivity index (χ1) is 15.8. The number of ether oxygens (including phenoxy) is 2. The number of aryl methyl sites for hydroxylation is 2. The number of nitrogens with two attached hydrogens (primary N) is 1. The number of hydrogen-bond donors (Lipinski definition) is 2. The number of pyridine rings is 2. The van der Waals surface area contributed by atoms with Crippen molar-refractivity contribution >= 4 is 11.5 Å². The van der Waals surface area contributed by atoms with Crippen LogP contribution in [0.25, 0.3) is 22.5 Å². The minimum Gasteiger partial charge on any atom is -0.496 e. The van der Waals surface area contributed by atoms with Gasteiger partial charge in [0.15, 0.2) is 0 Å². The van der Waals surface area contributed by atoms with Gasteiger partial charge < -0.3 is 25.2 Å². The van der Waals surface area contributed by atoms with E-state index in [2.05, 4.69) is 19.9 Å². The molecule has 0 spiro atoms. The molecule has 4 heterocycles. The van der Waals surface area contributed by atoms with Crippen LogP contribution in [0.1, 0.15) is 23.9 Å². The average Bonchev–Trinajstić information content (AvgIpc) is 3.05. The molecule has 9 nitrogen and oxygen atoms in total. The third kappa shape index (κ3) is 4.12. The average molecular weight is 444 g/mol. The van der Waals surface area contributed by atoms with Gasteiger partial charge in [-0.1, -0.05) is 0 Å². The van der Waals surface area contributed by atoms with E-state index in [0.717, 1.165) is 28.2 Å². The van der Waals surface area contributed by atoms with Gasteiger partial charge in [0, 0.05) is 53.7 Å². The summed E-state index contributed by atoms with van der Waals surface area (Å²) in [4.78, 5) is 17.4. The second-order valence-electron chi connectivity index (χ2n) is 7.66. The number of methoxy groups -OCH3 is 1. The number of nitrogen functional groups attached to an aromatic ring is 1. The van der Waals surface area contributed by atoms with Crippen molar-refractivity contribution in [3.63, 3.8) is 0 Å². The molecule has 0 amide bonds. The molecule has 4 aromatic heterocycles. The molecular formula is C24H25N7O2. The van der Waals surface area contributed by atoms with Gasteiger partial charge in [0.05, 0.1) is 30.3 Å². The van der Waals surface area contributed by atoms with Crippen LogP contribution in [-0.4, -0.2) is 37.3 Å². The highest BCUT2D eigenvalue weighted by molar-refractivity contribution is 6.10. The van der Waals surface area contributed by atoms with Crippen molar-refractivity contribution in [2.45, 2.75) is 20.8 Å². The summed E-state index contributed by atoms with van der Waals surface area (Å²) in [5, 5.41) is 8.37. The molecule has 0 aliphatic carbocycles. The lowest BCUT2D eigenvalue weighted by Gasteiger charge is -2.13. The lowest BCUT2D eigenvalue weighted by atomic mass is 9.99. The van der Waals surface area contributed by atoms with E-state index < -0.39 is 0 Å². The van der Waals surface area contributed by atoms with Crippen LogP contribution in [0.5, 0.6) is 17.5 Å². The van der Waals surface area contributed by atoms with E-state index in [0.29, 0.717) is 34.3 Å². The monoisotopic (exact) mass is 443 g/mol. The van der Waals surface area contributed by atoms with Crippen LogP contribution in [0.2, 0.25) is 0 Å². The van der Waals surface area contributed by atoms with Crippen LogP contribution in [0.3, 0.4) is 0 Å². The highest BCUT2D eigenvalue weighted by Crippen LogP contribution is 2.43. The fourth-order valence-corrected chi connectivity index (χ4v) is 3.70. The maximum absolute atomic E-state index is 8.37. The van der Waals surface area contributed by atoms with Gasteiger partial charge in [-0.3, -0.25) is 9.97 Å². The molecule has 0 fully saturated rings. The maximum atomic E-state index is 8.37. The number of aromatic nitrogens is 5. The van der Waals surface area contributed by atoms with E-state index in [9.17, 15) is 0 Å². The third-order valence-electron chi connectivity index (χ3n) is 5.27. The molecule has 0 radical (unpaired) electrons. The summed E-state index contributed by atoms with van der Waals surface area (Å²) >= 11 is 0. The molecule has 0 atom stereocenters. The Morgan fingerprint density at radius 2 is 1.85 bits per heavy atom. The third-order valence-corrected chi connectivity index (χ3v) is 5.27. The largest absolute Gasteiger partial charge is 0.496 e. The van der Waals surface area contributed by atoms with Crippen molar-refractivity contribution in [1.82, 2.24) is 24.5 Å². The molecule has 9 heteroatoms. The Kier molecular flexibility index (Phi) is 5.78. The van der Waals surface area contributed by atoms with Crippen molar-refractivity contribution < 1.29 is 9.47 Å². The topological polar surface area (TPSA) is 125 Å². The summed E-state index contributed by atoms with van der Waals surface area (Å²) in [5.74, 6) is 1.62. The molecule has 33 heavy (non-hydrogen) atoms. The molecule has 3 N–H and O–H groups in total. The van der Waals surface area contributed by atoms with Crippen LogP contribution >= 0.6 is 0 Å². The zero-order valence-electron chi connectivity index (χ0n) is 19.2. The fraction of sp³-hybridized carbons (Fsp3) is 0.208. The summed E-state index contributed by atoms with van der Waals surface area (Å²) in [5.41, 5.74) is 11.9. The Morgan fingerprint density at radius 1 is 1.06 bits per heavy atom. The summed E-state index contributed by atoms with van der Waals surface area (Å²) in [6, 6.07) is 7.52. The summed E-state index contributed by atoms with van der Waals surface area (Å²) in [6.45, 7) is 5.47. The van der Waals surface area contributed by atoms with Gasteiger partial charge >= 0.3 is 6.01 Å². The van der Waals surface area contributed by atoms with Crippen LogP contribution < -0.4 is 15.2 Å². The van der Waals surface area contributed by atoms with Crippen molar-refractivity contribution in [2.75, 3.05) is 12.8 Å². The predicted molar refractivity (Wildman–Crippen MR) is 127 cm³/mol. The Labute approximate surface area is 191 Å². The second-order valence-corrected chi connectivity index (χ2v) is 7.66. The first-order valence-electron chi connectivity index (χ1n) is 10.3. The van der Waals surface area contributed by atoms with E-state index in [4.69, 9.17) is 20.6 Å². The van der Waals surface area contributed by atoms with Crippen molar-refractivity contribution in [3.05, 3.63) is 59.8 Å². The Bertz CT molecular complexity index is 1340. The Hall–Kier alpha value is -4.27. The van der Waals surface area contributed by atoms with Gasteiger partial charge in [-0.25, -0.2) is 9.97 Å². The number of nitrogens with zero attached hydrogens (tertiary/aromatic N) is 5. The van der Waals surface area contributed by atoms with Gasteiger partial charge in [0.1, 0.15) is 17.3 Å². The van der Waals surface area contributed by atoms with Crippen LogP contribution in [0, 0.1) is 19.3 Å². The van der Waals surface area contributed by atoms with E-state index >= 15 is 0 Å². The van der Waals surface area contributed by atoms with Gasteiger partial charge in [-0.15, -0.1) is 0 Å². The van der Waals surface area contributed by atoms with E-state index in [1.54, 1.807) is 44.8 Å². The summed E-state index contributed by atoms with van der Waals surface area (Å²) in [6.07, 6.45) is 4.99. The minimum absolute atomic E-state index is 0.251. The highest BCUT2D eigenvalue weighted by atomic mass is 16.5. The first kappa shape index (κ1) is 21.9. The highest BCUT2D eigenvalue weighted by Gasteiger charge is 2.26. The molecule has 4 aromatic rings. The normalized spacial score (nSPS) is 10.8. The standard InChI is InChI=1S/C24H25N7O2/c1-13-8-9-27-24(30-13)33-16-6-7-18(29-11-16)21-20(15(3)25)23(26)31(4)22(21)17-12-28-14(2)10-19(17)32-5/h6-12,25H,26H2,1-5H3. The van der Waals surface area contributed by atoms with Crippen molar-refractivity contribution in [1.29, 1.82) is 5.41 Å². The molecule has 0 saturated carbocycles. The number of nitrogens with one attached hydrogen (secondary N) is 1. The molecule has 0 aliphatic heterocycles. The molecule has 4 rings (SSSR count). The van der Waals surface area contributed by atoms with Crippen molar-refractivity contribution in [2.24, 2.45) is 7.05 Å². The number of rotatable bonds is 6. The van der Waals surface area contributed by atoms with Crippen LogP contribution in [0.15, 0.2) is 42.9 Å².